The molecule has 1 N–H and O–H groups in total. The molecule has 0 bridgehead atoms. The van der Waals surface area contributed by atoms with Crippen molar-refractivity contribution >= 4 is 12.0 Å². The number of aryl methyl sites for hydroxylation is 1. The van der Waals surface area contributed by atoms with Gasteiger partial charge in [0.25, 0.3) is 5.91 Å². The number of aliphatic hydroxyl groups excluding tert-OH is 1. The number of aliphatic hydroxyl groups is 1. The molecule has 5 heteroatoms. The van der Waals surface area contributed by atoms with E-state index in [0.717, 1.165) is 36.3 Å². The molecule has 1 rings (SSSR count). The number of carbonyl (C=O) groups excluding carboxylic acids is 1. The second-order valence-corrected chi connectivity index (χ2v) is 5.45. The first-order valence-corrected chi connectivity index (χ1v) is 7.61. The molecular weight excluding hydrogens is 278 g/mol. The summed E-state index contributed by atoms with van der Waals surface area (Å²) in [5, 5.41) is 18.1. The van der Waals surface area contributed by atoms with Gasteiger partial charge in [0, 0.05) is 31.5 Å². The van der Waals surface area contributed by atoms with E-state index < -0.39 is 0 Å². The molecule has 0 radical (unpaired) electrons. The minimum atomic E-state index is -0.366. The van der Waals surface area contributed by atoms with Crippen LogP contribution in [-0.4, -0.2) is 40.7 Å². The molecule has 0 atom stereocenters. The fourth-order valence-electron chi connectivity index (χ4n) is 2.39. The molecular formula is C17H25N3O2. The van der Waals surface area contributed by atoms with Crippen LogP contribution < -0.4 is 0 Å². The quantitative estimate of drug-likeness (QED) is 0.620. The van der Waals surface area contributed by atoms with Crippen LogP contribution in [0.2, 0.25) is 0 Å². The van der Waals surface area contributed by atoms with Crippen LogP contribution in [0.1, 0.15) is 36.7 Å². The van der Waals surface area contributed by atoms with Gasteiger partial charge in [0.1, 0.15) is 11.6 Å². The Bertz CT molecular complexity index is 594. The molecule has 1 amide bonds. The molecule has 0 unspecified atom stereocenters. The van der Waals surface area contributed by atoms with Crippen LogP contribution in [0, 0.1) is 25.2 Å². The molecule has 5 nitrogen and oxygen atoms in total. The van der Waals surface area contributed by atoms with E-state index in [0.29, 0.717) is 0 Å². The minimum Gasteiger partial charge on any atom is -0.395 e. The van der Waals surface area contributed by atoms with Crippen molar-refractivity contribution in [3.8, 4) is 6.07 Å². The third kappa shape index (κ3) is 4.22. The first-order chi connectivity index (χ1) is 10.5. The van der Waals surface area contributed by atoms with Crippen LogP contribution in [0.4, 0.5) is 0 Å². The van der Waals surface area contributed by atoms with Gasteiger partial charge >= 0.3 is 0 Å². The maximum atomic E-state index is 12.2. The predicted molar refractivity (Wildman–Crippen MR) is 87.1 cm³/mol. The van der Waals surface area contributed by atoms with Gasteiger partial charge in [0.15, 0.2) is 0 Å². The highest BCUT2D eigenvalue weighted by Crippen LogP contribution is 2.19. The van der Waals surface area contributed by atoms with E-state index in [9.17, 15) is 10.1 Å². The number of rotatable bonds is 7. The zero-order valence-electron chi connectivity index (χ0n) is 13.9. The lowest BCUT2D eigenvalue weighted by Gasteiger charge is -2.14. The number of unbranched alkanes of at least 4 members (excludes halogenated alkanes) is 1. The Hall–Kier alpha value is -2.06. The minimum absolute atomic E-state index is 0.0895. The van der Waals surface area contributed by atoms with Gasteiger partial charge < -0.3 is 14.6 Å². The smallest absolute Gasteiger partial charge is 0.264 e. The Morgan fingerprint density at radius 1 is 1.50 bits per heavy atom. The number of aromatic nitrogens is 1. The van der Waals surface area contributed by atoms with Gasteiger partial charge in [-0.3, -0.25) is 4.79 Å². The fraction of sp³-hybridized carbons (Fsp3) is 0.529. The van der Waals surface area contributed by atoms with Gasteiger partial charge in [-0.2, -0.15) is 5.26 Å². The summed E-state index contributed by atoms with van der Waals surface area (Å²) in [5.41, 5.74) is 3.18. The average molecular weight is 303 g/mol. The molecule has 0 fully saturated rings. The predicted octanol–water partition coefficient (Wildman–Crippen LogP) is 2.26. The topological polar surface area (TPSA) is 69.3 Å². The van der Waals surface area contributed by atoms with Crippen molar-refractivity contribution in [2.75, 3.05) is 20.2 Å². The van der Waals surface area contributed by atoms with E-state index in [2.05, 4.69) is 11.5 Å². The highest BCUT2D eigenvalue weighted by molar-refractivity contribution is 6.01. The Morgan fingerprint density at radius 3 is 2.73 bits per heavy atom. The first kappa shape index (κ1) is 18.0. The molecule has 0 saturated heterocycles. The molecule has 120 valence electrons. The molecule has 0 aliphatic carbocycles. The molecule has 0 saturated carbocycles. The van der Waals surface area contributed by atoms with Gasteiger partial charge in [-0.15, -0.1) is 0 Å². The van der Waals surface area contributed by atoms with Crippen LogP contribution >= 0.6 is 0 Å². The molecule has 0 aromatic carbocycles. The number of hydrogen-bond acceptors (Lipinski definition) is 3. The molecule has 1 aromatic rings. The summed E-state index contributed by atoms with van der Waals surface area (Å²) in [6.45, 7) is 7.23. The van der Waals surface area contributed by atoms with Crippen molar-refractivity contribution in [3.63, 3.8) is 0 Å². The van der Waals surface area contributed by atoms with E-state index in [1.165, 1.54) is 4.90 Å². The van der Waals surface area contributed by atoms with Gasteiger partial charge in [0.2, 0.25) is 0 Å². The van der Waals surface area contributed by atoms with Crippen LogP contribution in [0.25, 0.3) is 6.08 Å². The van der Waals surface area contributed by atoms with Crippen molar-refractivity contribution in [1.29, 1.82) is 5.26 Å². The number of amides is 1. The normalized spacial score (nSPS) is 11.4. The maximum absolute atomic E-state index is 12.2. The zero-order valence-corrected chi connectivity index (χ0v) is 13.9. The monoisotopic (exact) mass is 303 g/mol. The van der Waals surface area contributed by atoms with E-state index in [-0.39, 0.29) is 24.6 Å². The average Bonchev–Trinajstić information content (AvgIpc) is 2.76. The first-order valence-electron chi connectivity index (χ1n) is 7.61. The van der Waals surface area contributed by atoms with Crippen LogP contribution in [0.3, 0.4) is 0 Å². The molecule has 22 heavy (non-hydrogen) atoms. The van der Waals surface area contributed by atoms with Crippen LogP contribution in [-0.2, 0) is 11.3 Å². The Morgan fingerprint density at radius 2 is 2.18 bits per heavy atom. The summed E-state index contributed by atoms with van der Waals surface area (Å²) in [6.07, 6.45) is 3.86. The molecule has 0 aliphatic rings. The summed E-state index contributed by atoms with van der Waals surface area (Å²) >= 11 is 0. The van der Waals surface area contributed by atoms with Gasteiger partial charge in [-0.1, -0.05) is 13.3 Å². The van der Waals surface area contributed by atoms with E-state index >= 15 is 0 Å². The summed E-state index contributed by atoms with van der Waals surface area (Å²) in [6, 6.07) is 3.97. The third-order valence-corrected chi connectivity index (χ3v) is 3.78. The Kier molecular flexibility index (Phi) is 6.87. The number of nitrogens with zero attached hydrogens (tertiary/aromatic N) is 3. The fourth-order valence-corrected chi connectivity index (χ4v) is 2.39. The maximum Gasteiger partial charge on any atom is 0.264 e. The SMILES string of the molecule is CCCCn1c(C)cc(/C=C(/C#N)C(=O)N(C)CCO)c1C. The number of hydrogen-bond donors (Lipinski definition) is 1. The number of carbonyl (C=O) groups is 1. The van der Waals surface area contributed by atoms with Crippen molar-refractivity contribution in [2.45, 2.75) is 40.2 Å². The summed E-state index contributed by atoms with van der Waals surface area (Å²) in [7, 11) is 1.58. The third-order valence-electron chi connectivity index (χ3n) is 3.78. The molecule has 0 spiro atoms. The molecule has 0 aliphatic heterocycles. The van der Waals surface area contributed by atoms with E-state index in [4.69, 9.17) is 5.11 Å². The van der Waals surface area contributed by atoms with Crippen molar-refractivity contribution < 1.29 is 9.90 Å². The Labute approximate surface area is 132 Å². The lowest BCUT2D eigenvalue weighted by Crippen LogP contribution is -2.30. The number of likely N-dealkylation sites (N-methyl/N-ethyl adjacent to an activating group) is 1. The summed E-state index contributed by atoms with van der Waals surface area (Å²) in [5.74, 6) is -0.366. The molecule has 1 heterocycles. The zero-order chi connectivity index (χ0) is 16.7. The highest BCUT2D eigenvalue weighted by atomic mass is 16.3. The largest absolute Gasteiger partial charge is 0.395 e. The lowest BCUT2D eigenvalue weighted by molar-refractivity contribution is -0.125. The standard InChI is InChI=1S/C17H25N3O2/c1-5-6-7-20-13(2)10-15(14(20)3)11-16(12-18)17(22)19(4)8-9-21/h10-11,21H,5-9H2,1-4H3/b16-11-. The van der Waals surface area contributed by atoms with Crippen LogP contribution in [0.5, 0.6) is 0 Å². The van der Waals surface area contributed by atoms with Crippen LogP contribution in [0.15, 0.2) is 11.6 Å². The van der Waals surface area contributed by atoms with Gasteiger partial charge in [-0.05, 0) is 38.0 Å². The van der Waals surface area contributed by atoms with E-state index in [1.54, 1.807) is 13.1 Å². The summed E-state index contributed by atoms with van der Waals surface area (Å²) in [4.78, 5) is 13.5. The van der Waals surface area contributed by atoms with Crippen molar-refractivity contribution in [1.82, 2.24) is 9.47 Å². The van der Waals surface area contributed by atoms with E-state index in [1.807, 2.05) is 26.0 Å². The summed E-state index contributed by atoms with van der Waals surface area (Å²) < 4.78 is 2.21. The molecule has 1 aromatic heterocycles. The second kappa shape index (κ2) is 8.40. The Balaban J connectivity index is 3.09. The van der Waals surface area contributed by atoms with Gasteiger partial charge in [-0.25, -0.2) is 0 Å². The lowest BCUT2D eigenvalue weighted by atomic mass is 10.1. The highest BCUT2D eigenvalue weighted by Gasteiger charge is 2.16. The van der Waals surface area contributed by atoms with Gasteiger partial charge in [0.05, 0.1) is 6.61 Å². The second-order valence-electron chi connectivity index (χ2n) is 5.45. The number of nitriles is 1. The van der Waals surface area contributed by atoms with Crippen molar-refractivity contribution in [3.05, 3.63) is 28.6 Å². The van der Waals surface area contributed by atoms with Crippen molar-refractivity contribution in [2.24, 2.45) is 0 Å².